The topological polar surface area (TPSA) is 26.0 Å². The minimum Gasteiger partial charge on any atom is -0.324 e. The van der Waals surface area contributed by atoms with Crippen LogP contribution in [0.4, 0.5) is 0 Å². The summed E-state index contributed by atoms with van der Waals surface area (Å²) >= 11 is 13.1. The van der Waals surface area contributed by atoms with Gasteiger partial charge < -0.3 is 5.73 Å². The van der Waals surface area contributed by atoms with Gasteiger partial charge in [-0.05, 0) is 47.9 Å². The summed E-state index contributed by atoms with van der Waals surface area (Å²) in [4.78, 5) is 0. The van der Waals surface area contributed by atoms with Gasteiger partial charge in [0, 0.05) is 20.0 Å². The predicted molar refractivity (Wildman–Crippen MR) is 83.9 cm³/mol. The van der Waals surface area contributed by atoms with Crippen molar-refractivity contribution in [3.63, 3.8) is 0 Å². The molecule has 0 saturated heterocycles. The highest BCUT2D eigenvalue weighted by Crippen LogP contribution is 2.27. The molecule has 18 heavy (non-hydrogen) atoms. The Balaban J connectivity index is 2.21. The second-order valence-corrected chi connectivity index (χ2v) is 6.34. The average molecular weight is 390 g/mol. The first-order valence-corrected chi connectivity index (χ1v) is 7.47. The lowest BCUT2D eigenvalue weighted by atomic mass is 10.00. The van der Waals surface area contributed by atoms with E-state index in [4.69, 9.17) is 17.3 Å². The first-order valence-electron chi connectivity index (χ1n) is 5.51. The Hall–Kier alpha value is -0.350. The summed E-state index contributed by atoms with van der Waals surface area (Å²) in [6, 6.07) is 13.8. The van der Waals surface area contributed by atoms with E-state index in [1.165, 1.54) is 5.56 Å². The Morgan fingerprint density at radius 1 is 1.06 bits per heavy atom. The van der Waals surface area contributed by atoms with E-state index in [0.717, 1.165) is 20.9 Å². The minimum atomic E-state index is -0.107. The molecule has 0 aliphatic carbocycles. The molecule has 0 aliphatic heterocycles. The third-order valence-corrected chi connectivity index (χ3v) is 4.03. The molecule has 0 heterocycles. The monoisotopic (exact) mass is 387 g/mol. The van der Waals surface area contributed by atoms with E-state index in [9.17, 15) is 0 Å². The highest BCUT2D eigenvalue weighted by atomic mass is 79.9. The van der Waals surface area contributed by atoms with Crippen molar-refractivity contribution in [1.82, 2.24) is 0 Å². The molecule has 94 valence electrons. The van der Waals surface area contributed by atoms with Crippen LogP contribution in [-0.2, 0) is 6.42 Å². The smallest absolute Gasteiger partial charge is 0.0454 e. The van der Waals surface area contributed by atoms with E-state index in [2.05, 4.69) is 44.0 Å². The maximum atomic E-state index is 6.23. The molecule has 2 N–H and O–H groups in total. The second-order valence-electron chi connectivity index (χ2n) is 4.11. The average Bonchev–Trinajstić information content (AvgIpc) is 2.32. The molecule has 2 rings (SSSR count). The third kappa shape index (κ3) is 3.58. The number of nitrogens with two attached hydrogens (primary N) is 1. The van der Waals surface area contributed by atoms with E-state index in [-0.39, 0.29) is 6.04 Å². The molecule has 2 aromatic carbocycles. The maximum absolute atomic E-state index is 6.23. The molecule has 0 fully saturated rings. The maximum Gasteiger partial charge on any atom is 0.0454 e. The molecule has 1 nitrogen and oxygen atoms in total. The van der Waals surface area contributed by atoms with Crippen molar-refractivity contribution in [3.8, 4) is 0 Å². The highest BCUT2D eigenvalue weighted by Gasteiger charge is 2.11. The standard InChI is InChI=1S/C14H12Br2ClN/c15-10-3-1-2-9(6-10)7-14(18)12-8-11(16)4-5-13(12)17/h1-6,8,14H,7,18H2. The summed E-state index contributed by atoms with van der Waals surface area (Å²) in [6.45, 7) is 0. The minimum absolute atomic E-state index is 0.107. The summed E-state index contributed by atoms with van der Waals surface area (Å²) in [7, 11) is 0. The highest BCUT2D eigenvalue weighted by molar-refractivity contribution is 9.10. The van der Waals surface area contributed by atoms with E-state index < -0.39 is 0 Å². The Morgan fingerprint density at radius 2 is 1.78 bits per heavy atom. The van der Waals surface area contributed by atoms with Crippen LogP contribution in [0.25, 0.3) is 0 Å². The van der Waals surface area contributed by atoms with E-state index in [1.807, 2.05) is 30.3 Å². The SMILES string of the molecule is NC(Cc1cccc(Br)c1)c1cc(Br)ccc1Cl. The van der Waals surface area contributed by atoms with E-state index in [1.54, 1.807) is 0 Å². The molecule has 2 aromatic rings. The molecule has 4 heteroatoms. The fourth-order valence-corrected chi connectivity index (χ4v) is 2.91. The van der Waals surface area contributed by atoms with E-state index in [0.29, 0.717) is 5.02 Å². The summed E-state index contributed by atoms with van der Waals surface area (Å²) < 4.78 is 2.05. The first-order chi connectivity index (χ1) is 8.56. The van der Waals surface area contributed by atoms with Crippen molar-refractivity contribution >= 4 is 43.5 Å². The zero-order valence-corrected chi connectivity index (χ0v) is 13.5. The quantitative estimate of drug-likeness (QED) is 0.776. The van der Waals surface area contributed by atoms with Crippen molar-refractivity contribution in [2.75, 3.05) is 0 Å². The molecule has 0 spiro atoms. The van der Waals surface area contributed by atoms with Gasteiger partial charge in [0.05, 0.1) is 0 Å². The van der Waals surface area contributed by atoms with Crippen LogP contribution in [0.5, 0.6) is 0 Å². The largest absolute Gasteiger partial charge is 0.324 e. The molecular formula is C14H12Br2ClN. The van der Waals surface area contributed by atoms with Crippen LogP contribution in [0, 0.1) is 0 Å². The van der Waals surface area contributed by atoms with Crippen LogP contribution in [-0.4, -0.2) is 0 Å². The molecule has 0 radical (unpaired) electrons. The number of benzene rings is 2. The van der Waals surface area contributed by atoms with Gasteiger partial charge in [0.2, 0.25) is 0 Å². The summed E-state index contributed by atoms with van der Waals surface area (Å²) in [6.07, 6.45) is 0.760. The van der Waals surface area contributed by atoms with Gasteiger partial charge in [-0.25, -0.2) is 0 Å². The van der Waals surface area contributed by atoms with Crippen LogP contribution in [0.2, 0.25) is 5.02 Å². The summed E-state index contributed by atoms with van der Waals surface area (Å²) in [5.41, 5.74) is 8.38. The number of hydrogen-bond acceptors (Lipinski definition) is 1. The van der Waals surface area contributed by atoms with Crippen molar-refractivity contribution in [2.24, 2.45) is 5.73 Å². The zero-order chi connectivity index (χ0) is 13.1. The number of halogens is 3. The Morgan fingerprint density at radius 3 is 2.50 bits per heavy atom. The number of rotatable bonds is 3. The lowest BCUT2D eigenvalue weighted by Gasteiger charge is -2.14. The fourth-order valence-electron chi connectivity index (χ4n) is 1.83. The summed E-state index contributed by atoms with van der Waals surface area (Å²) in [5, 5.41) is 0.709. The van der Waals surface area contributed by atoms with Crippen LogP contribution < -0.4 is 5.73 Å². The zero-order valence-electron chi connectivity index (χ0n) is 9.54. The molecule has 0 amide bonds. The van der Waals surface area contributed by atoms with Gasteiger partial charge in [-0.15, -0.1) is 0 Å². The second kappa shape index (κ2) is 6.20. The molecule has 0 aliphatic rings. The van der Waals surface area contributed by atoms with Gasteiger partial charge >= 0.3 is 0 Å². The van der Waals surface area contributed by atoms with Gasteiger partial charge in [0.25, 0.3) is 0 Å². The van der Waals surface area contributed by atoms with Crippen molar-refractivity contribution in [3.05, 3.63) is 67.6 Å². The van der Waals surface area contributed by atoms with Crippen LogP contribution in [0.1, 0.15) is 17.2 Å². The van der Waals surface area contributed by atoms with Gasteiger partial charge in [-0.3, -0.25) is 0 Å². The Labute approximate surface area is 129 Å². The Kier molecular flexibility index (Phi) is 4.84. The van der Waals surface area contributed by atoms with Gasteiger partial charge in [-0.2, -0.15) is 0 Å². The van der Waals surface area contributed by atoms with Crippen molar-refractivity contribution in [2.45, 2.75) is 12.5 Å². The predicted octanol–water partition coefficient (Wildman–Crippen LogP) is 5.11. The fraction of sp³-hybridized carbons (Fsp3) is 0.143. The molecule has 0 bridgehead atoms. The summed E-state index contributed by atoms with van der Waals surface area (Å²) in [5.74, 6) is 0. The van der Waals surface area contributed by atoms with Gasteiger partial charge in [0.15, 0.2) is 0 Å². The Bertz CT molecular complexity index is 557. The van der Waals surface area contributed by atoms with E-state index >= 15 is 0 Å². The van der Waals surface area contributed by atoms with Crippen molar-refractivity contribution < 1.29 is 0 Å². The normalized spacial score (nSPS) is 12.4. The lowest BCUT2D eigenvalue weighted by molar-refractivity contribution is 0.721. The van der Waals surface area contributed by atoms with Crippen molar-refractivity contribution in [1.29, 1.82) is 0 Å². The van der Waals surface area contributed by atoms with Crippen LogP contribution >= 0.6 is 43.5 Å². The number of hydrogen-bond donors (Lipinski definition) is 1. The first kappa shape index (κ1) is 14.1. The molecule has 1 unspecified atom stereocenters. The third-order valence-electron chi connectivity index (χ3n) is 2.70. The lowest BCUT2D eigenvalue weighted by Crippen LogP contribution is -2.13. The molecule has 0 aromatic heterocycles. The van der Waals surface area contributed by atoms with Crippen LogP contribution in [0.3, 0.4) is 0 Å². The van der Waals surface area contributed by atoms with Crippen LogP contribution in [0.15, 0.2) is 51.4 Å². The van der Waals surface area contributed by atoms with Gasteiger partial charge in [0.1, 0.15) is 0 Å². The molecular weight excluding hydrogens is 377 g/mol. The van der Waals surface area contributed by atoms with Gasteiger partial charge in [-0.1, -0.05) is 55.6 Å². The molecule has 1 atom stereocenters. The molecule has 0 saturated carbocycles.